The fourth-order valence-electron chi connectivity index (χ4n) is 1.24. The summed E-state index contributed by atoms with van der Waals surface area (Å²) in [7, 11) is 0. The lowest BCUT2D eigenvalue weighted by molar-refractivity contribution is 0.264. The molecular weight excluding hydrogens is 168 g/mol. The van der Waals surface area contributed by atoms with E-state index in [0.717, 1.165) is 11.3 Å². The number of hydrogen-bond donors (Lipinski definition) is 2. The van der Waals surface area contributed by atoms with Crippen LogP contribution in [-0.4, -0.2) is 26.3 Å². The van der Waals surface area contributed by atoms with Crippen molar-refractivity contribution in [2.75, 3.05) is 6.61 Å². The van der Waals surface area contributed by atoms with Gasteiger partial charge in [0.2, 0.25) is 0 Å². The van der Waals surface area contributed by atoms with Gasteiger partial charge in [-0.3, -0.25) is 0 Å². The second-order valence-electron chi connectivity index (χ2n) is 2.77. The van der Waals surface area contributed by atoms with Gasteiger partial charge in [0, 0.05) is 0 Å². The molecule has 2 aromatic rings. The molecule has 0 fully saturated rings. The van der Waals surface area contributed by atoms with E-state index in [-0.39, 0.29) is 6.61 Å². The molecule has 0 aliphatic rings. The lowest BCUT2D eigenvalue weighted by Gasteiger charge is -2.09. The smallest absolute Gasteiger partial charge is 0.155 e. The summed E-state index contributed by atoms with van der Waals surface area (Å²) in [5.74, 6) is 0. The Morgan fingerprint density at radius 3 is 3.15 bits per heavy atom. The summed E-state index contributed by atoms with van der Waals surface area (Å²) in [6, 6.07) is 5.09. The summed E-state index contributed by atoms with van der Waals surface area (Å²) < 4.78 is 1.63. The molecule has 2 heterocycles. The van der Waals surface area contributed by atoms with Crippen LogP contribution < -0.4 is 5.73 Å². The largest absolute Gasteiger partial charge is 0.394 e. The average molecular weight is 178 g/mol. The maximum absolute atomic E-state index is 8.90. The molecule has 1 atom stereocenters. The van der Waals surface area contributed by atoms with Crippen molar-refractivity contribution >= 4 is 5.65 Å². The van der Waals surface area contributed by atoms with Gasteiger partial charge in [-0.05, 0) is 12.1 Å². The molecular formula is C8H10N4O. The fourth-order valence-corrected chi connectivity index (χ4v) is 1.24. The van der Waals surface area contributed by atoms with Crippen molar-refractivity contribution in [1.29, 1.82) is 0 Å². The molecule has 2 rings (SSSR count). The quantitative estimate of drug-likeness (QED) is 0.663. The predicted molar refractivity (Wildman–Crippen MR) is 47.0 cm³/mol. The summed E-state index contributed by atoms with van der Waals surface area (Å²) in [5.41, 5.74) is 7.18. The van der Waals surface area contributed by atoms with Crippen molar-refractivity contribution < 1.29 is 5.11 Å². The summed E-state index contributed by atoms with van der Waals surface area (Å²) in [4.78, 5) is 4.01. The summed E-state index contributed by atoms with van der Waals surface area (Å²) >= 11 is 0. The maximum atomic E-state index is 8.90. The molecule has 0 bridgehead atoms. The van der Waals surface area contributed by atoms with E-state index in [2.05, 4.69) is 10.1 Å². The molecule has 0 aliphatic heterocycles. The number of aliphatic hydroxyl groups excluding tert-OH is 1. The molecule has 0 radical (unpaired) electrons. The van der Waals surface area contributed by atoms with Crippen LogP contribution in [0.2, 0.25) is 0 Å². The van der Waals surface area contributed by atoms with E-state index in [1.165, 1.54) is 6.33 Å². The van der Waals surface area contributed by atoms with Gasteiger partial charge in [0.25, 0.3) is 0 Å². The zero-order chi connectivity index (χ0) is 9.26. The third-order valence-electron chi connectivity index (χ3n) is 1.91. The number of hydrogen-bond acceptors (Lipinski definition) is 4. The van der Waals surface area contributed by atoms with E-state index in [1.807, 2.05) is 18.2 Å². The zero-order valence-electron chi connectivity index (χ0n) is 6.96. The minimum atomic E-state index is -0.412. The number of nitrogens with two attached hydrogens (primary N) is 1. The minimum absolute atomic E-state index is 0.0982. The van der Waals surface area contributed by atoms with Gasteiger partial charge in [0.15, 0.2) is 5.65 Å². The Labute approximate surface area is 74.8 Å². The van der Waals surface area contributed by atoms with Crippen LogP contribution in [0.15, 0.2) is 24.5 Å². The normalized spacial score (nSPS) is 13.4. The van der Waals surface area contributed by atoms with Crippen molar-refractivity contribution in [3.63, 3.8) is 0 Å². The predicted octanol–water partition coefficient (Wildman–Crippen LogP) is -0.279. The maximum Gasteiger partial charge on any atom is 0.155 e. The van der Waals surface area contributed by atoms with Gasteiger partial charge >= 0.3 is 0 Å². The van der Waals surface area contributed by atoms with Crippen LogP contribution in [0.5, 0.6) is 0 Å². The molecule has 0 amide bonds. The van der Waals surface area contributed by atoms with Crippen LogP contribution in [0.4, 0.5) is 0 Å². The van der Waals surface area contributed by atoms with Gasteiger partial charge in [-0.1, -0.05) is 6.07 Å². The highest BCUT2D eigenvalue weighted by molar-refractivity contribution is 5.38. The van der Waals surface area contributed by atoms with E-state index < -0.39 is 6.04 Å². The van der Waals surface area contributed by atoms with Crippen LogP contribution in [-0.2, 0) is 0 Å². The zero-order valence-corrected chi connectivity index (χ0v) is 6.96. The molecule has 5 nitrogen and oxygen atoms in total. The SMILES string of the molecule is NC(CO)c1cccc2ncnn12. The number of aromatic nitrogens is 3. The van der Waals surface area contributed by atoms with Gasteiger partial charge in [-0.2, -0.15) is 5.10 Å². The van der Waals surface area contributed by atoms with Crippen LogP contribution in [0.25, 0.3) is 5.65 Å². The van der Waals surface area contributed by atoms with E-state index in [0.29, 0.717) is 0 Å². The van der Waals surface area contributed by atoms with Crippen LogP contribution in [0.1, 0.15) is 11.7 Å². The second-order valence-corrected chi connectivity index (χ2v) is 2.77. The standard InChI is InChI=1S/C8H10N4O/c9-6(4-13)7-2-1-3-8-10-5-11-12(7)8/h1-3,5-6,13H,4,9H2. The second kappa shape index (κ2) is 3.12. The van der Waals surface area contributed by atoms with Crippen molar-refractivity contribution in [2.45, 2.75) is 6.04 Å². The number of pyridine rings is 1. The highest BCUT2D eigenvalue weighted by Gasteiger charge is 2.08. The van der Waals surface area contributed by atoms with E-state index in [9.17, 15) is 0 Å². The Balaban J connectivity index is 2.60. The third-order valence-corrected chi connectivity index (χ3v) is 1.91. The summed E-state index contributed by atoms with van der Waals surface area (Å²) in [6.07, 6.45) is 1.46. The van der Waals surface area contributed by atoms with Gasteiger partial charge in [0.05, 0.1) is 18.3 Å². The molecule has 0 aromatic carbocycles. The molecule has 2 aromatic heterocycles. The number of nitrogens with zero attached hydrogens (tertiary/aromatic N) is 3. The van der Waals surface area contributed by atoms with Gasteiger partial charge in [-0.15, -0.1) is 0 Å². The summed E-state index contributed by atoms with van der Waals surface area (Å²) in [6.45, 7) is -0.0982. The van der Waals surface area contributed by atoms with Crippen LogP contribution in [0, 0.1) is 0 Å². The molecule has 0 saturated heterocycles. The lowest BCUT2D eigenvalue weighted by atomic mass is 10.2. The molecule has 0 aliphatic carbocycles. The van der Waals surface area contributed by atoms with Gasteiger partial charge < -0.3 is 10.8 Å². The first-order valence-corrected chi connectivity index (χ1v) is 3.98. The van der Waals surface area contributed by atoms with Crippen molar-refractivity contribution in [3.8, 4) is 0 Å². The Hall–Kier alpha value is -1.46. The topological polar surface area (TPSA) is 76.4 Å². The molecule has 1 unspecified atom stereocenters. The molecule has 3 N–H and O–H groups in total. The highest BCUT2D eigenvalue weighted by Crippen LogP contribution is 2.10. The Bertz CT molecular complexity index is 411. The summed E-state index contributed by atoms with van der Waals surface area (Å²) in [5, 5.41) is 12.9. The van der Waals surface area contributed by atoms with Crippen molar-refractivity contribution in [1.82, 2.24) is 14.6 Å². The molecule has 68 valence electrons. The van der Waals surface area contributed by atoms with Crippen molar-refractivity contribution in [2.24, 2.45) is 5.73 Å². The Morgan fingerprint density at radius 2 is 2.38 bits per heavy atom. The molecule has 0 saturated carbocycles. The van der Waals surface area contributed by atoms with E-state index in [1.54, 1.807) is 4.52 Å². The van der Waals surface area contributed by atoms with Crippen LogP contribution >= 0.6 is 0 Å². The number of fused-ring (bicyclic) bond motifs is 1. The molecule has 0 spiro atoms. The number of aliphatic hydroxyl groups is 1. The molecule has 5 heteroatoms. The van der Waals surface area contributed by atoms with Gasteiger partial charge in [0.1, 0.15) is 6.33 Å². The highest BCUT2D eigenvalue weighted by atomic mass is 16.3. The van der Waals surface area contributed by atoms with Crippen molar-refractivity contribution in [3.05, 3.63) is 30.2 Å². The Morgan fingerprint density at radius 1 is 1.54 bits per heavy atom. The minimum Gasteiger partial charge on any atom is -0.394 e. The van der Waals surface area contributed by atoms with Crippen LogP contribution in [0.3, 0.4) is 0 Å². The van der Waals surface area contributed by atoms with E-state index >= 15 is 0 Å². The monoisotopic (exact) mass is 178 g/mol. The van der Waals surface area contributed by atoms with Gasteiger partial charge in [-0.25, -0.2) is 9.50 Å². The first-order chi connectivity index (χ1) is 6.33. The molecule has 13 heavy (non-hydrogen) atoms. The number of rotatable bonds is 2. The lowest BCUT2D eigenvalue weighted by Crippen LogP contribution is -2.18. The Kier molecular flexibility index (Phi) is 1.96. The fraction of sp³-hybridized carbons (Fsp3) is 0.250. The first-order valence-electron chi connectivity index (χ1n) is 3.98. The third kappa shape index (κ3) is 1.28. The van der Waals surface area contributed by atoms with E-state index in [4.69, 9.17) is 10.8 Å². The first kappa shape index (κ1) is 8.15. The average Bonchev–Trinajstić information content (AvgIpc) is 2.63.